The van der Waals surface area contributed by atoms with E-state index in [1.807, 2.05) is 0 Å². The molecule has 0 spiro atoms. The van der Waals surface area contributed by atoms with E-state index in [2.05, 4.69) is 0 Å². The van der Waals surface area contributed by atoms with Crippen LogP contribution in [-0.4, -0.2) is 5.78 Å². The smallest absolute Gasteiger partial charge is 0.162 e. The van der Waals surface area contributed by atoms with Gasteiger partial charge >= 0.3 is 0 Å². The zero-order valence-electron chi connectivity index (χ0n) is 4.85. The molecule has 0 saturated carbocycles. The fourth-order valence-corrected chi connectivity index (χ4v) is 1.56. The molecule has 1 aromatic rings. The SMILES string of the molecule is CC(=O)c1ccsc1Cl. The molecular formula is C6H5ClOS. The lowest BCUT2D eigenvalue weighted by atomic mass is 10.2. The number of hydrogen-bond acceptors (Lipinski definition) is 2. The summed E-state index contributed by atoms with van der Waals surface area (Å²) in [6, 6.07) is 1.73. The molecule has 0 aliphatic carbocycles. The predicted molar refractivity (Wildman–Crippen MR) is 39.3 cm³/mol. The summed E-state index contributed by atoms with van der Waals surface area (Å²) in [6.07, 6.45) is 0. The Balaban J connectivity index is 3.08. The molecule has 1 heterocycles. The van der Waals surface area contributed by atoms with Gasteiger partial charge in [-0.1, -0.05) is 11.6 Å². The molecule has 1 rings (SSSR count). The Morgan fingerprint density at radius 2 is 2.44 bits per heavy atom. The average molecular weight is 161 g/mol. The summed E-state index contributed by atoms with van der Waals surface area (Å²) in [7, 11) is 0. The molecule has 1 nitrogen and oxygen atoms in total. The molecule has 0 aliphatic rings. The van der Waals surface area contributed by atoms with E-state index in [9.17, 15) is 4.79 Å². The first-order valence-corrected chi connectivity index (χ1v) is 3.71. The maximum atomic E-state index is 10.6. The molecule has 0 fully saturated rings. The number of thiophene rings is 1. The predicted octanol–water partition coefficient (Wildman–Crippen LogP) is 2.60. The van der Waals surface area contributed by atoms with Gasteiger partial charge in [-0.25, -0.2) is 0 Å². The lowest BCUT2D eigenvalue weighted by molar-refractivity contribution is 0.101. The second-order valence-electron chi connectivity index (χ2n) is 1.66. The van der Waals surface area contributed by atoms with Crippen LogP contribution in [0.2, 0.25) is 4.34 Å². The first kappa shape index (κ1) is 6.78. The summed E-state index contributed by atoms with van der Waals surface area (Å²) in [5, 5.41) is 1.80. The quantitative estimate of drug-likeness (QED) is 0.578. The van der Waals surface area contributed by atoms with Crippen LogP contribution in [-0.2, 0) is 0 Å². The average Bonchev–Trinajstić information content (AvgIpc) is 2.13. The second-order valence-corrected chi connectivity index (χ2v) is 3.18. The van der Waals surface area contributed by atoms with Crippen molar-refractivity contribution in [2.45, 2.75) is 6.92 Å². The van der Waals surface area contributed by atoms with Gasteiger partial charge in [0, 0.05) is 5.56 Å². The minimum absolute atomic E-state index is 0.0289. The third-order valence-electron chi connectivity index (χ3n) is 0.997. The van der Waals surface area contributed by atoms with Crippen LogP contribution in [0, 0.1) is 0 Å². The van der Waals surface area contributed by atoms with E-state index < -0.39 is 0 Å². The van der Waals surface area contributed by atoms with Crippen molar-refractivity contribution in [1.82, 2.24) is 0 Å². The van der Waals surface area contributed by atoms with Gasteiger partial charge in [-0.05, 0) is 18.4 Å². The van der Waals surface area contributed by atoms with E-state index in [-0.39, 0.29) is 5.78 Å². The largest absolute Gasteiger partial charge is 0.294 e. The lowest BCUT2D eigenvalue weighted by Gasteiger charge is -1.85. The number of carbonyl (C=O) groups is 1. The zero-order valence-corrected chi connectivity index (χ0v) is 6.42. The molecule has 1 aromatic heterocycles. The molecule has 0 unspecified atom stereocenters. The van der Waals surface area contributed by atoms with Crippen molar-refractivity contribution in [2.75, 3.05) is 0 Å². The Hall–Kier alpha value is -0.340. The highest BCUT2D eigenvalue weighted by Crippen LogP contribution is 2.22. The van der Waals surface area contributed by atoms with E-state index in [1.54, 1.807) is 11.4 Å². The number of ketones is 1. The minimum atomic E-state index is 0.0289. The van der Waals surface area contributed by atoms with Gasteiger partial charge in [-0.2, -0.15) is 0 Å². The third-order valence-corrected chi connectivity index (χ3v) is 2.17. The monoisotopic (exact) mass is 160 g/mol. The van der Waals surface area contributed by atoms with Crippen LogP contribution in [0.3, 0.4) is 0 Å². The van der Waals surface area contributed by atoms with Gasteiger partial charge in [-0.3, -0.25) is 4.79 Å². The van der Waals surface area contributed by atoms with Crippen LogP contribution >= 0.6 is 22.9 Å². The molecule has 0 saturated heterocycles. The first-order chi connectivity index (χ1) is 4.22. The molecule has 0 aliphatic heterocycles. The van der Waals surface area contributed by atoms with Gasteiger partial charge in [-0.15, -0.1) is 11.3 Å². The van der Waals surface area contributed by atoms with Crippen molar-refractivity contribution in [2.24, 2.45) is 0 Å². The van der Waals surface area contributed by atoms with Crippen molar-refractivity contribution < 1.29 is 4.79 Å². The second kappa shape index (κ2) is 2.50. The molecule has 0 radical (unpaired) electrons. The third kappa shape index (κ3) is 1.32. The van der Waals surface area contributed by atoms with Crippen molar-refractivity contribution in [3.63, 3.8) is 0 Å². The Bertz CT molecular complexity index is 229. The van der Waals surface area contributed by atoms with E-state index in [0.717, 1.165) is 0 Å². The topological polar surface area (TPSA) is 17.1 Å². The van der Waals surface area contributed by atoms with Crippen molar-refractivity contribution >= 4 is 28.7 Å². The van der Waals surface area contributed by atoms with E-state index >= 15 is 0 Å². The van der Waals surface area contributed by atoms with Crippen LogP contribution in [0.1, 0.15) is 17.3 Å². The van der Waals surface area contributed by atoms with Gasteiger partial charge in [0.15, 0.2) is 5.78 Å². The maximum absolute atomic E-state index is 10.6. The fraction of sp³-hybridized carbons (Fsp3) is 0.167. The highest BCUT2D eigenvalue weighted by atomic mass is 35.5. The molecule has 48 valence electrons. The highest BCUT2D eigenvalue weighted by Gasteiger charge is 2.04. The Morgan fingerprint density at radius 1 is 1.78 bits per heavy atom. The van der Waals surface area contributed by atoms with Gasteiger partial charge in [0.05, 0.1) is 0 Å². The number of Topliss-reactive ketones (excluding diaryl/α,β-unsaturated/α-hetero) is 1. The lowest BCUT2D eigenvalue weighted by Crippen LogP contribution is -1.87. The standard InChI is InChI=1S/C6H5ClOS/c1-4(8)5-2-3-9-6(5)7/h2-3H,1H3. The van der Waals surface area contributed by atoms with Gasteiger partial charge in [0.25, 0.3) is 0 Å². The fourth-order valence-electron chi connectivity index (χ4n) is 0.547. The molecular weight excluding hydrogens is 156 g/mol. The van der Waals surface area contributed by atoms with Crippen molar-refractivity contribution in [1.29, 1.82) is 0 Å². The molecule has 0 atom stereocenters. The number of hydrogen-bond donors (Lipinski definition) is 0. The molecule has 9 heavy (non-hydrogen) atoms. The summed E-state index contributed by atoms with van der Waals surface area (Å²) in [5.74, 6) is 0.0289. The zero-order chi connectivity index (χ0) is 6.85. The van der Waals surface area contributed by atoms with Crippen LogP contribution in [0.25, 0.3) is 0 Å². The van der Waals surface area contributed by atoms with Crippen LogP contribution in [0.15, 0.2) is 11.4 Å². The molecule has 0 aromatic carbocycles. The summed E-state index contributed by atoms with van der Waals surface area (Å²) >= 11 is 7.01. The Kier molecular flexibility index (Phi) is 1.88. The van der Waals surface area contributed by atoms with E-state index in [0.29, 0.717) is 9.90 Å². The summed E-state index contributed by atoms with van der Waals surface area (Å²) < 4.78 is 0.586. The molecule has 0 N–H and O–H groups in total. The van der Waals surface area contributed by atoms with Crippen LogP contribution in [0.4, 0.5) is 0 Å². The van der Waals surface area contributed by atoms with Gasteiger partial charge < -0.3 is 0 Å². The van der Waals surface area contributed by atoms with Gasteiger partial charge in [0.2, 0.25) is 0 Å². The molecule has 0 amide bonds. The van der Waals surface area contributed by atoms with Gasteiger partial charge in [0.1, 0.15) is 4.34 Å². The van der Waals surface area contributed by atoms with Crippen molar-refractivity contribution in [3.8, 4) is 0 Å². The number of halogens is 1. The maximum Gasteiger partial charge on any atom is 0.162 e. The Labute approximate surface area is 62.3 Å². The highest BCUT2D eigenvalue weighted by molar-refractivity contribution is 7.14. The van der Waals surface area contributed by atoms with Crippen molar-refractivity contribution in [3.05, 3.63) is 21.3 Å². The summed E-state index contributed by atoms with van der Waals surface area (Å²) in [5.41, 5.74) is 0.627. The minimum Gasteiger partial charge on any atom is -0.294 e. The first-order valence-electron chi connectivity index (χ1n) is 2.45. The van der Waals surface area contributed by atoms with Crippen LogP contribution < -0.4 is 0 Å². The van der Waals surface area contributed by atoms with E-state index in [4.69, 9.17) is 11.6 Å². The van der Waals surface area contributed by atoms with E-state index in [1.165, 1.54) is 18.3 Å². The normalized spacial score (nSPS) is 9.56. The summed E-state index contributed by atoms with van der Waals surface area (Å²) in [4.78, 5) is 10.6. The molecule has 0 bridgehead atoms. The summed E-state index contributed by atoms with van der Waals surface area (Å²) in [6.45, 7) is 1.51. The van der Waals surface area contributed by atoms with Crippen LogP contribution in [0.5, 0.6) is 0 Å². The molecule has 3 heteroatoms. The number of rotatable bonds is 1. The Morgan fingerprint density at radius 3 is 2.67 bits per heavy atom. The number of carbonyl (C=O) groups excluding carboxylic acids is 1.